The highest BCUT2D eigenvalue weighted by atomic mass is 16.5. The average Bonchev–Trinajstić information content (AvgIpc) is 3.39. The molecule has 0 radical (unpaired) electrons. The Morgan fingerprint density at radius 3 is 2.80 bits per heavy atom. The second-order valence-corrected chi connectivity index (χ2v) is 8.04. The van der Waals surface area contributed by atoms with Crippen LogP contribution in [0.2, 0.25) is 0 Å². The van der Waals surface area contributed by atoms with Crippen molar-refractivity contribution in [2.24, 2.45) is 12.0 Å². The first-order chi connectivity index (χ1) is 14.6. The summed E-state index contributed by atoms with van der Waals surface area (Å²) in [4.78, 5) is 7.19. The van der Waals surface area contributed by atoms with Gasteiger partial charge in [-0.1, -0.05) is 24.3 Å². The van der Waals surface area contributed by atoms with E-state index in [1.165, 1.54) is 11.1 Å². The molecule has 2 saturated heterocycles. The minimum atomic E-state index is 0.0340. The first kappa shape index (κ1) is 20.8. The number of guanidine groups is 1. The molecule has 2 atom stereocenters. The lowest BCUT2D eigenvalue weighted by Crippen LogP contribution is -2.49. The molecule has 2 aromatic rings. The maximum Gasteiger partial charge on any atom is 0.194 e. The quantitative estimate of drug-likeness (QED) is 0.599. The molecular weight excluding hydrogens is 380 g/mol. The molecule has 162 valence electrons. The van der Waals surface area contributed by atoms with Gasteiger partial charge in [-0.15, -0.1) is 10.2 Å². The predicted molar refractivity (Wildman–Crippen MR) is 115 cm³/mol. The van der Waals surface area contributed by atoms with E-state index in [1.807, 2.05) is 18.5 Å². The summed E-state index contributed by atoms with van der Waals surface area (Å²) >= 11 is 0. The van der Waals surface area contributed by atoms with Crippen LogP contribution in [0.5, 0.6) is 0 Å². The van der Waals surface area contributed by atoms with Gasteiger partial charge >= 0.3 is 0 Å². The van der Waals surface area contributed by atoms with Crippen molar-refractivity contribution >= 4 is 5.96 Å². The van der Waals surface area contributed by atoms with Crippen LogP contribution in [0, 0.1) is 13.8 Å². The van der Waals surface area contributed by atoms with Crippen LogP contribution in [-0.4, -0.2) is 64.6 Å². The third-order valence-electron chi connectivity index (χ3n) is 5.97. The van der Waals surface area contributed by atoms with E-state index in [2.05, 4.69) is 51.6 Å². The number of rotatable bonds is 5. The minimum absolute atomic E-state index is 0.0340. The monoisotopic (exact) mass is 412 g/mol. The second-order valence-electron chi connectivity index (χ2n) is 8.04. The van der Waals surface area contributed by atoms with E-state index in [0.717, 1.165) is 56.7 Å². The minimum Gasteiger partial charge on any atom is -0.376 e. The molecule has 8 nitrogen and oxygen atoms in total. The molecule has 3 heterocycles. The van der Waals surface area contributed by atoms with E-state index in [4.69, 9.17) is 14.5 Å². The zero-order valence-electron chi connectivity index (χ0n) is 18.2. The molecule has 0 amide bonds. The van der Waals surface area contributed by atoms with Gasteiger partial charge in [-0.25, -0.2) is 4.99 Å². The number of nitrogens with one attached hydrogen (secondary N) is 1. The SMILES string of the molecule is Cc1ccccc1C1CN(C(=NCc2nnc(C)n2C)NCC2CCCO2)CCO1. The zero-order chi connectivity index (χ0) is 20.9. The normalized spacial score (nSPS) is 22.5. The Hall–Kier alpha value is -2.45. The Kier molecular flexibility index (Phi) is 6.64. The summed E-state index contributed by atoms with van der Waals surface area (Å²) in [6, 6.07) is 8.44. The Morgan fingerprint density at radius 2 is 2.07 bits per heavy atom. The molecule has 0 bridgehead atoms. The van der Waals surface area contributed by atoms with Gasteiger partial charge in [0, 0.05) is 26.7 Å². The fourth-order valence-corrected chi connectivity index (χ4v) is 3.99. The summed E-state index contributed by atoms with van der Waals surface area (Å²) < 4.78 is 13.9. The highest BCUT2D eigenvalue weighted by Gasteiger charge is 2.26. The predicted octanol–water partition coefficient (Wildman–Crippen LogP) is 2.13. The van der Waals surface area contributed by atoms with Gasteiger partial charge in [0.25, 0.3) is 0 Å². The highest BCUT2D eigenvalue weighted by Crippen LogP contribution is 2.25. The molecule has 1 aromatic carbocycles. The van der Waals surface area contributed by atoms with Crippen LogP contribution in [0.1, 0.15) is 41.7 Å². The molecule has 0 saturated carbocycles. The van der Waals surface area contributed by atoms with Gasteiger partial charge in [-0.2, -0.15) is 0 Å². The zero-order valence-corrected chi connectivity index (χ0v) is 18.2. The molecule has 2 aliphatic heterocycles. The molecule has 8 heteroatoms. The number of ether oxygens (including phenoxy) is 2. The number of hydrogen-bond acceptors (Lipinski definition) is 5. The van der Waals surface area contributed by atoms with Gasteiger partial charge in [-0.05, 0) is 37.8 Å². The van der Waals surface area contributed by atoms with Crippen molar-refractivity contribution in [3.63, 3.8) is 0 Å². The third-order valence-corrected chi connectivity index (χ3v) is 5.97. The second kappa shape index (κ2) is 9.57. The molecule has 4 rings (SSSR count). The molecule has 1 N–H and O–H groups in total. The van der Waals surface area contributed by atoms with Crippen LogP contribution in [-0.2, 0) is 23.1 Å². The Balaban J connectivity index is 1.50. The van der Waals surface area contributed by atoms with E-state index in [1.54, 1.807) is 0 Å². The smallest absolute Gasteiger partial charge is 0.194 e. The van der Waals surface area contributed by atoms with Gasteiger partial charge in [-0.3, -0.25) is 0 Å². The Bertz CT molecular complexity index is 874. The number of hydrogen-bond donors (Lipinski definition) is 1. The summed E-state index contributed by atoms with van der Waals surface area (Å²) in [5.41, 5.74) is 2.49. The lowest BCUT2D eigenvalue weighted by atomic mass is 10.0. The van der Waals surface area contributed by atoms with Crippen LogP contribution in [0.25, 0.3) is 0 Å². The molecule has 2 aliphatic rings. The van der Waals surface area contributed by atoms with Crippen LogP contribution in [0.3, 0.4) is 0 Å². The Labute approximate surface area is 178 Å². The number of aromatic nitrogens is 3. The van der Waals surface area contributed by atoms with Crippen molar-refractivity contribution in [3.8, 4) is 0 Å². The molecule has 0 aliphatic carbocycles. The van der Waals surface area contributed by atoms with Gasteiger partial charge in [0.2, 0.25) is 0 Å². The highest BCUT2D eigenvalue weighted by molar-refractivity contribution is 5.80. The average molecular weight is 413 g/mol. The van der Waals surface area contributed by atoms with Gasteiger partial charge in [0.05, 0.1) is 19.3 Å². The number of aliphatic imine (C=N–C) groups is 1. The molecule has 30 heavy (non-hydrogen) atoms. The molecule has 2 fully saturated rings. The summed E-state index contributed by atoms with van der Waals surface area (Å²) in [5.74, 6) is 2.63. The maximum absolute atomic E-state index is 6.11. The topological polar surface area (TPSA) is 76.8 Å². The summed E-state index contributed by atoms with van der Waals surface area (Å²) in [6.45, 7) is 8.43. The van der Waals surface area contributed by atoms with Crippen LogP contribution >= 0.6 is 0 Å². The van der Waals surface area contributed by atoms with E-state index < -0.39 is 0 Å². The fourth-order valence-electron chi connectivity index (χ4n) is 3.99. The van der Waals surface area contributed by atoms with Crippen molar-refractivity contribution in [1.82, 2.24) is 25.0 Å². The summed E-state index contributed by atoms with van der Waals surface area (Å²) in [7, 11) is 1.97. The van der Waals surface area contributed by atoms with Gasteiger partial charge < -0.3 is 24.3 Å². The molecular formula is C22H32N6O2. The lowest BCUT2D eigenvalue weighted by molar-refractivity contribution is -0.00862. The fraction of sp³-hybridized carbons (Fsp3) is 0.591. The van der Waals surface area contributed by atoms with E-state index in [0.29, 0.717) is 13.2 Å². The third kappa shape index (κ3) is 4.82. The first-order valence-corrected chi connectivity index (χ1v) is 10.8. The number of aryl methyl sites for hydroxylation is 2. The largest absolute Gasteiger partial charge is 0.376 e. The lowest BCUT2D eigenvalue weighted by Gasteiger charge is -2.36. The van der Waals surface area contributed by atoms with E-state index in [9.17, 15) is 0 Å². The van der Waals surface area contributed by atoms with Crippen molar-refractivity contribution in [1.29, 1.82) is 0 Å². The van der Waals surface area contributed by atoms with Gasteiger partial charge in [0.15, 0.2) is 11.8 Å². The van der Waals surface area contributed by atoms with Crippen molar-refractivity contribution < 1.29 is 9.47 Å². The number of benzene rings is 1. The van der Waals surface area contributed by atoms with E-state index in [-0.39, 0.29) is 12.2 Å². The van der Waals surface area contributed by atoms with Crippen LogP contribution < -0.4 is 5.32 Å². The van der Waals surface area contributed by atoms with E-state index >= 15 is 0 Å². The summed E-state index contributed by atoms with van der Waals surface area (Å²) in [6.07, 6.45) is 2.51. The van der Waals surface area contributed by atoms with Crippen molar-refractivity contribution in [2.45, 2.75) is 45.4 Å². The van der Waals surface area contributed by atoms with Crippen LogP contribution in [0.4, 0.5) is 0 Å². The standard InChI is InChI=1S/C22H32N6O2/c1-16-7-4-5-9-19(16)20-15-28(10-12-30-20)22(23-13-18-8-6-11-29-18)24-14-21-26-25-17(2)27(21)3/h4-5,7,9,18,20H,6,8,10-15H2,1-3H3,(H,23,24). The van der Waals surface area contributed by atoms with Crippen LogP contribution in [0.15, 0.2) is 29.3 Å². The summed E-state index contributed by atoms with van der Waals surface area (Å²) in [5, 5.41) is 12.0. The first-order valence-electron chi connectivity index (χ1n) is 10.8. The van der Waals surface area contributed by atoms with Crippen molar-refractivity contribution in [3.05, 3.63) is 47.0 Å². The molecule has 1 aromatic heterocycles. The van der Waals surface area contributed by atoms with Crippen molar-refractivity contribution in [2.75, 3.05) is 32.8 Å². The molecule has 2 unspecified atom stereocenters. The maximum atomic E-state index is 6.11. The Morgan fingerprint density at radius 1 is 1.20 bits per heavy atom. The number of nitrogens with zero attached hydrogens (tertiary/aromatic N) is 5. The number of morpholine rings is 1. The molecule has 0 spiro atoms. The van der Waals surface area contributed by atoms with Gasteiger partial charge in [0.1, 0.15) is 18.5 Å².